The summed E-state index contributed by atoms with van der Waals surface area (Å²) in [5.74, 6) is -1.25. The van der Waals surface area contributed by atoms with Gasteiger partial charge in [0.15, 0.2) is 5.82 Å². The van der Waals surface area contributed by atoms with E-state index in [1.54, 1.807) is 6.08 Å². The highest BCUT2D eigenvalue weighted by Gasteiger charge is 2.17. The molecular formula is C11H11F2NO. The molecule has 2 N–H and O–H groups in total. The number of ether oxygens (including phenoxy) is 1. The van der Waals surface area contributed by atoms with Gasteiger partial charge >= 0.3 is 0 Å². The fourth-order valence-corrected chi connectivity index (χ4v) is 1.62. The van der Waals surface area contributed by atoms with Gasteiger partial charge in [-0.05, 0) is 24.1 Å². The molecule has 80 valence electrons. The number of nitrogens with two attached hydrogens (primary N) is 1. The number of halogens is 2. The van der Waals surface area contributed by atoms with Gasteiger partial charge in [0.2, 0.25) is 0 Å². The zero-order valence-corrected chi connectivity index (χ0v) is 8.09. The lowest BCUT2D eigenvalue weighted by atomic mass is 10.00. The average molecular weight is 211 g/mol. The second-order valence-electron chi connectivity index (χ2n) is 3.38. The summed E-state index contributed by atoms with van der Waals surface area (Å²) in [6.45, 7) is 0.878. The summed E-state index contributed by atoms with van der Waals surface area (Å²) >= 11 is 0. The Balaban J connectivity index is 2.50. The van der Waals surface area contributed by atoms with Crippen LogP contribution in [0.1, 0.15) is 12.0 Å². The van der Waals surface area contributed by atoms with Gasteiger partial charge in [-0.25, -0.2) is 8.78 Å². The Labute approximate surface area is 86.3 Å². The molecule has 0 spiro atoms. The maximum absolute atomic E-state index is 13.6. The molecule has 0 unspecified atom stereocenters. The van der Waals surface area contributed by atoms with Crippen molar-refractivity contribution < 1.29 is 13.5 Å². The summed E-state index contributed by atoms with van der Waals surface area (Å²) in [7, 11) is 0. The van der Waals surface area contributed by atoms with Crippen LogP contribution in [0.3, 0.4) is 0 Å². The van der Waals surface area contributed by atoms with Gasteiger partial charge in [0.25, 0.3) is 0 Å². The fraction of sp³-hybridized carbons (Fsp3) is 0.273. The number of benzene rings is 1. The number of rotatable bonds is 1. The molecule has 0 bridgehead atoms. The molecule has 1 aromatic rings. The normalized spacial score (nSPS) is 16.3. The third-order valence-electron chi connectivity index (χ3n) is 2.41. The van der Waals surface area contributed by atoms with Gasteiger partial charge in [0.05, 0.1) is 24.5 Å². The summed E-state index contributed by atoms with van der Waals surface area (Å²) in [4.78, 5) is 0. The van der Waals surface area contributed by atoms with Crippen LogP contribution in [0.25, 0.3) is 5.57 Å². The van der Waals surface area contributed by atoms with E-state index in [4.69, 9.17) is 10.5 Å². The monoisotopic (exact) mass is 211 g/mol. The van der Waals surface area contributed by atoms with Crippen molar-refractivity contribution in [3.05, 3.63) is 35.4 Å². The lowest BCUT2D eigenvalue weighted by Crippen LogP contribution is -2.07. The molecule has 2 nitrogen and oxygen atoms in total. The van der Waals surface area contributed by atoms with Crippen molar-refractivity contribution in [3.8, 4) is 0 Å². The van der Waals surface area contributed by atoms with Gasteiger partial charge in [-0.2, -0.15) is 0 Å². The summed E-state index contributed by atoms with van der Waals surface area (Å²) in [5, 5.41) is 0. The van der Waals surface area contributed by atoms with Crippen LogP contribution in [0.15, 0.2) is 18.2 Å². The van der Waals surface area contributed by atoms with Gasteiger partial charge in [-0.1, -0.05) is 6.08 Å². The van der Waals surface area contributed by atoms with E-state index in [0.717, 1.165) is 0 Å². The van der Waals surface area contributed by atoms with E-state index < -0.39 is 11.6 Å². The first-order valence-electron chi connectivity index (χ1n) is 4.71. The van der Waals surface area contributed by atoms with Crippen LogP contribution in [-0.4, -0.2) is 13.2 Å². The second-order valence-corrected chi connectivity index (χ2v) is 3.38. The number of nitrogen functional groups attached to an aromatic ring is 1. The fourth-order valence-electron chi connectivity index (χ4n) is 1.62. The van der Waals surface area contributed by atoms with Gasteiger partial charge < -0.3 is 10.5 Å². The molecular weight excluding hydrogens is 200 g/mol. The van der Waals surface area contributed by atoms with Crippen LogP contribution in [0.2, 0.25) is 0 Å². The molecule has 0 aliphatic carbocycles. The van der Waals surface area contributed by atoms with Crippen molar-refractivity contribution >= 4 is 11.3 Å². The maximum atomic E-state index is 13.6. The number of hydrogen-bond acceptors (Lipinski definition) is 2. The first-order chi connectivity index (χ1) is 7.20. The zero-order chi connectivity index (χ0) is 10.8. The second kappa shape index (κ2) is 3.98. The van der Waals surface area contributed by atoms with Crippen LogP contribution >= 0.6 is 0 Å². The lowest BCUT2D eigenvalue weighted by Gasteiger charge is -2.15. The standard InChI is InChI=1S/C11H11F2NO/c12-8-1-2-9(14)11(13)10(8)7-3-5-15-6-4-7/h1-3H,4-6,14H2. The predicted molar refractivity (Wildman–Crippen MR) is 54.2 cm³/mol. The summed E-state index contributed by atoms with van der Waals surface area (Å²) in [6.07, 6.45) is 2.20. The molecule has 0 radical (unpaired) electrons. The molecule has 2 rings (SSSR count). The Morgan fingerprint density at radius 2 is 2.07 bits per heavy atom. The van der Waals surface area contributed by atoms with Crippen molar-refractivity contribution in [1.82, 2.24) is 0 Å². The minimum absolute atomic E-state index is 0.0155. The first-order valence-corrected chi connectivity index (χ1v) is 4.71. The number of anilines is 1. The highest BCUT2D eigenvalue weighted by Crippen LogP contribution is 2.29. The molecule has 0 fully saturated rings. The average Bonchev–Trinajstić information content (AvgIpc) is 2.26. The van der Waals surface area contributed by atoms with Gasteiger partial charge in [0, 0.05) is 0 Å². The molecule has 1 heterocycles. The van der Waals surface area contributed by atoms with E-state index in [0.29, 0.717) is 25.2 Å². The zero-order valence-electron chi connectivity index (χ0n) is 8.09. The van der Waals surface area contributed by atoms with E-state index in [2.05, 4.69) is 0 Å². The summed E-state index contributed by atoms with van der Waals surface area (Å²) in [6, 6.07) is 2.41. The predicted octanol–water partition coefficient (Wildman–Crippen LogP) is 2.35. The molecule has 0 saturated carbocycles. The van der Waals surface area contributed by atoms with E-state index in [-0.39, 0.29) is 11.3 Å². The molecule has 15 heavy (non-hydrogen) atoms. The third-order valence-corrected chi connectivity index (χ3v) is 2.41. The van der Waals surface area contributed by atoms with E-state index in [9.17, 15) is 8.78 Å². The topological polar surface area (TPSA) is 35.2 Å². The minimum atomic E-state index is -0.678. The molecule has 0 aromatic heterocycles. The van der Waals surface area contributed by atoms with Gasteiger partial charge in [-0.3, -0.25) is 0 Å². The lowest BCUT2D eigenvalue weighted by molar-refractivity contribution is 0.161. The van der Waals surface area contributed by atoms with Crippen LogP contribution in [-0.2, 0) is 4.74 Å². The largest absolute Gasteiger partial charge is 0.396 e. The Morgan fingerprint density at radius 1 is 1.27 bits per heavy atom. The molecule has 0 amide bonds. The van der Waals surface area contributed by atoms with Crippen molar-refractivity contribution in [3.63, 3.8) is 0 Å². The van der Waals surface area contributed by atoms with Crippen molar-refractivity contribution in [2.75, 3.05) is 18.9 Å². The van der Waals surface area contributed by atoms with Gasteiger partial charge in [-0.15, -0.1) is 0 Å². The molecule has 1 aliphatic heterocycles. The van der Waals surface area contributed by atoms with Crippen LogP contribution in [0.4, 0.5) is 14.5 Å². The maximum Gasteiger partial charge on any atom is 0.156 e. The third kappa shape index (κ3) is 1.85. The Morgan fingerprint density at radius 3 is 2.73 bits per heavy atom. The summed E-state index contributed by atoms with van der Waals surface area (Å²) in [5.41, 5.74) is 5.98. The van der Waals surface area contributed by atoms with Gasteiger partial charge in [0.1, 0.15) is 5.82 Å². The molecule has 4 heteroatoms. The highest BCUT2D eigenvalue weighted by molar-refractivity contribution is 5.70. The molecule has 0 saturated heterocycles. The van der Waals surface area contributed by atoms with E-state index in [1.807, 2.05) is 0 Å². The van der Waals surface area contributed by atoms with Crippen molar-refractivity contribution in [2.24, 2.45) is 0 Å². The smallest absolute Gasteiger partial charge is 0.156 e. The molecule has 0 atom stereocenters. The van der Waals surface area contributed by atoms with Crippen molar-refractivity contribution in [2.45, 2.75) is 6.42 Å². The Hall–Kier alpha value is -1.42. The Kier molecular flexibility index (Phi) is 2.68. The number of hydrogen-bond donors (Lipinski definition) is 1. The Bertz CT molecular complexity index is 415. The van der Waals surface area contributed by atoms with Crippen molar-refractivity contribution in [1.29, 1.82) is 0 Å². The summed E-state index contributed by atoms with van der Waals surface area (Å²) < 4.78 is 32.1. The SMILES string of the molecule is Nc1ccc(F)c(C2=CCOCC2)c1F. The highest BCUT2D eigenvalue weighted by atomic mass is 19.1. The van der Waals surface area contributed by atoms with Crippen LogP contribution in [0, 0.1) is 11.6 Å². The van der Waals surface area contributed by atoms with Crippen LogP contribution in [0.5, 0.6) is 0 Å². The molecule has 1 aliphatic rings. The quantitative estimate of drug-likeness (QED) is 0.723. The van der Waals surface area contributed by atoms with E-state index >= 15 is 0 Å². The first kappa shape index (κ1) is 10.1. The minimum Gasteiger partial charge on any atom is -0.396 e. The molecule has 1 aromatic carbocycles. The van der Waals surface area contributed by atoms with E-state index in [1.165, 1.54) is 12.1 Å². The van der Waals surface area contributed by atoms with Crippen LogP contribution < -0.4 is 5.73 Å².